The molecule has 1 aromatic carbocycles. The third-order valence-electron chi connectivity index (χ3n) is 3.88. The molecule has 0 amide bonds. The monoisotopic (exact) mass is 345 g/mol. The van der Waals surface area contributed by atoms with E-state index in [4.69, 9.17) is 9.47 Å². The number of ether oxygens (including phenoxy) is 2. The Kier molecular flexibility index (Phi) is 7.04. The highest BCUT2D eigenvalue weighted by Gasteiger charge is 2.09. The van der Waals surface area contributed by atoms with Crippen molar-refractivity contribution < 1.29 is 14.3 Å². The molecule has 0 N–H and O–H groups in total. The quantitative estimate of drug-likeness (QED) is 0.511. The number of unbranched alkanes of at least 4 members (excludes halogenated alkanes) is 3. The first-order valence-corrected chi connectivity index (χ1v) is 8.96. The highest BCUT2D eigenvalue weighted by Crippen LogP contribution is 2.19. The summed E-state index contributed by atoms with van der Waals surface area (Å²) in [7, 11) is 0. The molecule has 0 bridgehead atoms. The Balaban J connectivity index is 2.03. The standard InChI is InChI=1S/C20H27NO4/c1-4-5-6-7-12-24-19(22)14-21-11-10-16-13-17(25-15(2)3)8-9-18(16)20(21)23/h8-11,13,15H,4-7,12,14H2,1-3H3. The van der Waals surface area contributed by atoms with Crippen LogP contribution in [0.3, 0.4) is 0 Å². The van der Waals surface area contributed by atoms with Gasteiger partial charge in [0.25, 0.3) is 5.56 Å². The van der Waals surface area contributed by atoms with Crippen molar-refractivity contribution in [2.24, 2.45) is 0 Å². The topological polar surface area (TPSA) is 57.5 Å². The second kappa shape index (κ2) is 9.25. The molecule has 2 rings (SSSR count). The van der Waals surface area contributed by atoms with Gasteiger partial charge >= 0.3 is 5.97 Å². The smallest absolute Gasteiger partial charge is 0.326 e. The van der Waals surface area contributed by atoms with E-state index in [1.807, 2.05) is 26.0 Å². The summed E-state index contributed by atoms with van der Waals surface area (Å²) >= 11 is 0. The lowest BCUT2D eigenvalue weighted by molar-refractivity contribution is -0.144. The van der Waals surface area contributed by atoms with Gasteiger partial charge in [0.2, 0.25) is 0 Å². The lowest BCUT2D eigenvalue weighted by Crippen LogP contribution is -2.25. The van der Waals surface area contributed by atoms with E-state index in [1.54, 1.807) is 18.3 Å². The zero-order chi connectivity index (χ0) is 18.2. The lowest BCUT2D eigenvalue weighted by atomic mass is 10.1. The summed E-state index contributed by atoms with van der Waals surface area (Å²) in [6.07, 6.45) is 5.91. The molecule has 0 aliphatic heterocycles. The lowest BCUT2D eigenvalue weighted by Gasteiger charge is -2.11. The van der Waals surface area contributed by atoms with Crippen molar-refractivity contribution in [3.8, 4) is 5.75 Å². The molecule has 0 atom stereocenters. The molecule has 0 aliphatic rings. The number of carbonyl (C=O) groups is 1. The molecule has 0 spiro atoms. The molecule has 0 saturated heterocycles. The fourth-order valence-electron chi connectivity index (χ4n) is 2.64. The molecule has 0 radical (unpaired) electrons. The molecule has 2 aromatic rings. The molecule has 25 heavy (non-hydrogen) atoms. The molecular weight excluding hydrogens is 318 g/mol. The number of rotatable bonds is 9. The van der Waals surface area contributed by atoms with Gasteiger partial charge in [-0.2, -0.15) is 0 Å². The zero-order valence-corrected chi connectivity index (χ0v) is 15.3. The van der Waals surface area contributed by atoms with E-state index in [9.17, 15) is 9.59 Å². The van der Waals surface area contributed by atoms with E-state index in [0.717, 1.165) is 36.8 Å². The van der Waals surface area contributed by atoms with Gasteiger partial charge in [0.05, 0.1) is 12.7 Å². The fourth-order valence-corrected chi connectivity index (χ4v) is 2.64. The summed E-state index contributed by atoms with van der Waals surface area (Å²) in [4.78, 5) is 24.4. The minimum Gasteiger partial charge on any atom is -0.491 e. The summed E-state index contributed by atoms with van der Waals surface area (Å²) in [6, 6.07) is 7.17. The van der Waals surface area contributed by atoms with Gasteiger partial charge in [0.1, 0.15) is 12.3 Å². The van der Waals surface area contributed by atoms with Crippen molar-refractivity contribution >= 4 is 16.7 Å². The second-order valence-corrected chi connectivity index (χ2v) is 6.45. The first-order valence-electron chi connectivity index (χ1n) is 8.96. The van der Waals surface area contributed by atoms with Crippen LogP contribution in [0.25, 0.3) is 10.8 Å². The van der Waals surface area contributed by atoms with Gasteiger partial charge in [0, 0.05) is 11.6 Å². The minimum absolute atomic E-state index is 0.0627. The molecular formula is C20H27NO4. The first-order chi connectivity index (χ1) is 12.0. The number of aromatic nitrogens is 1. The first kappa shape index (κ1) is 19.0. The number of pyridine rings is 1. The predicted octanol–water partition coefficient (Wildman–Crippen LogP) is 3.91. The van der Waals surface area contributed by atoms with Crippen molar-refractivity contribution in [1.82, 2.24) is 4.57 Å². The number of nitrogens with zero attached hydrogens (tertiary/aromatic N) is 1. The molecule has 136 valence electrons. The minimum atomic E-state index is -0.377. The van der Waals surface area contributed by atoms with Crippen LogP contribution in [0.2, 0.25) is 0 Å². The van der Waals surface area contributed by atoms with E-state index in [-0.39, 0.29) is 24.2 Å². The van der Waals surface area contributed by atoms with Gasteiger partial charge in [0.15, 0.2) is 0 Å². The Hall–Kier alpha value is -2.30. The summed E-state index contributed by atoms with van der Waals surface area (Å²) in [6.45, 7) is 6.39. The maximum absolute atomic E-state index is 12.5. The molecule has 0 fully saturated rings. The van der Waals surface area contributed by atoms with Crippen LogP contribution in [-0.2, 0) is 16.1 Å². The van der Waals surface area contributed by atoms with E-state index >= 15 is 0 Å². The molecule has 0 aliphatic carbocycles. The van der Waals surface area contributed by atoms with Gasteiger partial charge in [-0.25, -0.2) is 0 Å². The number of benzene rings is 1. The average molecular weight is 345 g/mol. The van der Waals surface area contributed by atoms with Crippen LogP contribution >= 0.6 is 0 Å². The van der Waals surface area contributed by atoms with Gasteiger partial charge in [-0.05, 0) is 49.9 Å². The molecule has 0 saturated carbocycles. The Bertz CT molecular complexity index is 764. The SMILES string of the molecule is CCCCCCOC(=O)Cn1ccc2cc(OC(C)C)ccc2c1=O. The van der Waals surface area contributed by atoms with Crippen LogP contribution in [0.5, 0.6) is 5.75 Å². The van der Waals surface area contributed by atoms with Crippen LogP contribution in [0.15, 0.2) is 35.3 Å². The van der Waals surface area contributed by atoms with Gasteiger partial charge in [-0.3, -0.25) is 9.59 Å². The van der Waals surface area contributed by atoms with Crippen molar-refractivity contribution in [1.29, 1.82) is 0 Å². The summed E-state index contributed by atoms with van der Waals surface area (Å²) in [5, 5.41) is 1.36. The number of carbonyl (C=O) groups excluding carboxylic acids is 1. The summed E-state index contributed by atoms with van der Waals surface area (Å²) in [5.41, 5.74) is -0.198. The van der Waals surface area contributed by atoms with Crippen LogP contribution in [0.4, 0.5) is 0 Å². The van der Waals surface area contributed by atoms with Crippen LogP contribution in [-0.4, -0.2) is 23.2 Å². The number of esters is 1. The third kappa shape index (κ3) is 5.62. The summed E-state index contributed by atoms with van der Waals surface area (Å²) < 4.78 is 12.2. The molecule has 5 heteroatoms. The second-order valence-electron chi connectivity index (χ2n) is 6.45. The Morgan fingerprint density at radius 1 is 1.16 bits per heavy atom. The average Bonchev–Trinajstić information content (AvgIpc) is 2.57. The molecule has 1 heterocycles. The largest absolute Gasteiger partial charge is 0.491 e. The van der Waals surface area contributed by atoms with E-state index < -0.39 is 0 Å². The molecule has 0 unspecified atom stereocenters. The Labute approximate surface area is 148 Å². The third-order valence-corrected chi connectivity index (χ3v) is 3.88. The molecule has 5 nitrogen and oxygen atoms in total. The van der Waals surface area contributed by atoms with Gasteiger partial charge in [-0.15, -0.1) is 0 Å². The maximum Gasteiger partial charge on any atom is 0.326 e. The van der Waals surface area contributed by atoms with Crippen molar-refractivity contribution in [2.45, 2.75) is 59.1 Å². The summed E-state index contributed by atoms with van der Waals surface area (Å²) in [5.74, 6) is 0.351. The van der Waals surface area contributed by atoms with Crippen molar-refractivity contribution in [3.63, 3.8) is 0 Å². The normalized spacial score (nSPS) is 11.0. The Morgan fingerprint density at radius 3 is 2.68 bits per heavy atom. The van der Waals surface area contributed by atoms with Crippen LogP contribution < -0.4 is 10.3 Å². The highest BCUT2D eigenvalue weighted by molar-refractivity contribution is 5.83. The number of fused-ring (bicyclic) bond motifs is 1. The van der Waals surface area contributed by atoms with Crippen LogP contribution in [0, 0.1) is 0 Å². The predicted molar refractivity (Wildman–Crippen MR) is 99.1 cm³/mol. The zero-order valence-electron chi connectivity index (χ0n) is 15.3. The van der Waals surface area contributed by atoms with Gasteiger partial charge < -0.3 is 14.0 Å². The van der Waals surface area contributed by atoms with E-state index in [2.05, 4.69) is 6.92 Å². The fraction of sp³-hybridized carbons (Fsp3) is 0.500. The molecule has 1 aromatic heterocycles. The maximum atomic E-state index is 12.5. The van der Waals surface area contributed by atoms with Gasteiger partial charge in [-0.1, -0.05) is 26.2 Å². The Morgan fingerprint density at radius 2 is 1.96 bits per heavy atom. The van der Waals surface area contributed by atoms with E-state index in [1.165, 1.54) is 4.57 Å². The van der Waals surface area contributed by atoms with Crippen molar-refractivity contribution in [3.05, 3.63) is 40.8 Å². The number of hydrogen-bond donors (Lipinski definition) is 0. The van der Waals surface area contributed by atoms with E-state index in [0.29, 0.717) is 12.0 Å². The number of hydrogen-bond acceptors (Lipinski definition) is 4. The highest BCUT2D eigenvalue weighted by atomic mass is 16.5. The van der Waals surface area contributed by atoms with Crippen LogP contribution in [0.1, 0.15) is 46.5 Å². The van der Waals surface area contributed by atoms with Crippen molar-refractivity contribution in [2.75, 3.05) is 6.61 Å².